The molecule has 0 unspecified atom stereocenters. The van der Waals surface area contributed by atoms with Gasteiger partial charge in [-0.2, -0.15) is 9.78 Å². The maximum atomic E-state index is 13.4. The number of nitrogens with one attached hydrogen (secondary N) is 1. The average molecular weight is 569 g/mol. The van der Waals surface area contributed by atoms with Gasteiger partial charge in [-0.15, -0.1) is 0 Å². The highest BCUT2D eigenvalue weighted by molar-refractivity contribution is 9.10. The molecule has 0 bridgehead atoms. The first-order chi connectivity index (χ1) is 18.5. The zero-order valence-electron chi connectivity index (χ0n) is 20.7. The summed E-state index contributed by atoms with van der Waals surface area (Å²) in [5.41, 5.74) is 1.74. The number of halogens is 1. The SMILES string of the molecule is CCCc1nc2ccc(Br)cc2c(=O)n1N=Cc1c(OCC(=O)Nc2ccccc2)ccc2ccccc12. The predicted octanol–water partition coefficient (Wildman–Crippen LogP) is 6.16. The molecule has 0 radical (unpaired) electrons. The fourth-order valence-electron chi connectivity index (χ4n) is 4.21. The lowest BCUT2D eigenvalue weighted by Crippen LogP contribution is -2.22. The van der Waals surface area contributed by atoms with Gasteiger partial charge in [-0.05, 0) is 53.6 Å². The highest BCUT2D eigenvalue weighted by atomic mass is 79.9. The van der Waals surface area contributed by atoms with E-state index in [2.05, 4.69) is 26.3 Å². The zero-order chi connectivity index (χ0) is 26.5. The van der Waals surface area contributed by atoms with Crippen molar-refractivity contribution in [3.8, 4) is 5.75 Å². The van der Waals surface area contributed by atoms with Gasteiger partial charge >= 0.3 is 0 Å². The fraction of sp³-hybridized carbons (Fsp3) is 0.133. The molecule has 5 aromatic rings. The molecule has 0 aliphatic heterocycles. The number of amides is 1. The van der Waals surface area contributed by atoms with Crippen LogP contribution in [0.2, 0.25) is 0 Å². The molecule has 0 aliphatic rings. The van der Waals surface area contributed by atoms with Gasteiger partial charge < -0.3 is 10.1 Å². The van der Waals surface area contributed by atoms with Crippen molar-refractivity contribution in [3.63, 3.8) is 0 Å². The molecule has 0 aliphatic carbocycles. The van der Waals surface area contributed by atoms with Crippen molar-refractivity contribution < 1.29 is 9.53 Å². The first kappa shape index (κ1) is 25.4. The van der Waals surface area contributed by atoms with E-state index < -0.39 is 0 Å². The number of ether oxygens (including phenoxy) is 1. The molecule has 0 saturated heterocycles. The first-order valence-corrected chi connectivity index (χ1v) is 13.1. The van der Waals surface area contributed by atoms with Gasteiger partial charge in [0.05, 0.1) is 17.1 Å². The van der Waals surface area contributed by atoms with E-state index in [1.54, 1.807) is 12.3 Å². The predicted molar refractivity (Wildman–Crippen MR) is 155 cm³/mol. The Morgan fingerprint density at radius 3 is 2.63 bits per heavy atom. The molecule has 0 spiro atoms. The van der Waals surface area contributed by atoms with Gasteiger partial charge in [-0.3, -0.25) is 9.59 Å². The summed E-state index contributed by atoms with van der Waals surface area (Å²) < 4.78 is 8.10. The highest BCUT2D eigenvalue weighted by Gasteiger charge is 2.13. The normalized spacial score (nSPS) is 11.3. The molecular weight excluding hydrogens is 544 g/mol. The highest BCUT2D eigenvalue weighted by Crippen LogP contribution is 2.27. The Labute approximate surface area is 227 Å². The van der Waals surface area contributed by atoms with Crippen molar-refractivity contribution in [1.82, 2.24) is 9.66 Å². The molecule has 8 heteroatoms. The van der Waals surface area contributed by atoms with Crippen LogP contribution < -0.4 is 15.6 Å². The largest absolute Gasteiger partial charge is 0.483 e. The van der Waals surface area contributed by atoms with Gasteiger partial charge in [0, 0.05) is 22.1 Å². The van der Waals surface area contributed by atoms with Crippen LogP contribution in [0.5, 0.6) is 5.75 Å². The molecular formula is C30H25BrN4O3. The van der Waals surface area contributed by atoms with E-state index in [0.29, 0.717) is 40.1 Å². The van der Waals surface area contributed by atoms with Gasteiger partial charge in [0.25, 0.3) is 11.5 Å². The summed E-state index contributed by atoms with van der Waals surface area (Å²) in [4.78, 5) is 30.7. The van der Waals surface area contributed by atoms with Crippen LogP contribution >= 0.6 is 15.9 Å². The van der Waals surface area contributed by atoms with Gasteiger partial charge in [-0.1, -0.05) is 71.4 Å². The Balaban J connectivity index is 1.53. The van der Waals surface area contributed by atoms with Crippen molar-refractivity contribution in [1.29, 1.82) is 0 Å². The Hall–Kier alpha value is -4.30. The van der Waals surface area contributed by atoms with Crippen LogP contribution in [0.15, 0.2) is 99.3 Å². The summed E-state index contributed by atoms with van der Waals surface area (Å²) in [7, 11) is 0. The van der Waals surface area contributed by atoms with Crippen LogP contribution in [0.4, 0.5) is 5.69 Å². The number of anilines is 1. The van der Waals surface area contributed by atoms with Crippen molar-refractivity contribution in [2.45, 2.75) is 19.8 Å². The fourth-order valence-corrected chi connectivity index (χ4v) is 4.57. The maximum Gasteiger partial charge on any atom is 0.282 e. The quantitative estimate of drug-likeness (QED) is 0.227. The van der Waals surface area contributed by atoms with Crippen molar-refractivity contribution in [3.05, 3.63) is 111 Å². The summed E-state index contributed by atoms with van der Waals surface area (Å²) in [6.45, 7) is 1.85. The topological polar surface area (TPSA) is 85.6 Å². The van der Waals surface area contributed by atoms with Crippen molar-refractivity contribution in [2.24, 2.45) is 5.10 Å². The second-order valence-corrected chi connectivity index (χ2v) is 9.62. The van der Waals surface area contributed by atoms with Crippen molar-refractivity contribution in [2.75, 3.05) is 11.9 Å². The number of carbonyl (C=O) groups is 1. The average Bonchev–Trinajstić information content (AvgIpc) is 2.93. The summed E-state index contributed by atoms with van der Waals surface area (Å²) >= 11 is 3.44. The maximum absolute atomic E-state index is 13.4. The van der Waals surface area contributed by atoms with Crippen LogP contribution in [-0.4, -0.2) is 28.4 Å². The van der Waals surface area contributed by atoms with Gasteiger partial charge in [0.15, 0.2) is 6.61 Å². The van der Waals surface area contributed by atoms with Gasteiger partial charge in [-0.25, -0.2) is 4.98 Å². The lowest BCUT2D eigenvalue weighted by Gasteiger charge is -2.13. The van der Waals surface area contributed by atoms with Gasteiger partial charge in [0.2, 0.25) is 0 Å². The molecule has 7 nitrogen and oxygen atoms in total. The van der Waals surface area contributed by atoms with Crippen LogP contribution in [0.25, 0.3) is 21.7 Å². The van der Waals surface area contributed by atoms with Crippen molar-refractivity contribution >= 4 is 55.4 Å². The minimum atomic E-state index is -0.280. The van der Waals surface area contributed by atoms with E-state index in [1.165, 1.54) is 4.68 Å². The molecule has 190 valence electrons. The van der Waals surface area contributed by atoms with E-state index in [4.69, 9.17) is 9.72 Å². The molecule has 1 aromatic heterocycles. The molecule has 5 rings (SSSR count). The van der Waals surface area contributed by atoms with Crippen LogP contribution in [0.1, 0.15) is 24.7 Å². The first-order valence-electron chi connectivity index (χ1n) is 12.3. The number of benzene rings is 4. The van der Waals surface area contributed by atoms with E-state index in [-0.39, 0.29) is 18.1 Å². The molecule has 38 heavy (non-hydrogen) atoms. The number of rotatable bonds is 8. The number of aryl methyl sites for hydroxylation is 1. The van der Waals surface area contributed by atoms with Gasteiger partial charge in [0.1, 0.15) is 11.6 Å². The molecule has 0 fully saturated rings. The van der Waals surface area contributed by atoms with E-state index >= 15 is 0 Å². The third-order valence-corrected chi connectivity index (χ3v) is 6.49. The second-order valence-electron chi connectivity index (χ2n) is 8.70. The van der Waals surface area contributed by atoms with E-state index in [9.17, 15) is 9.59 Å². The number of carbonyl (C=O) groups excluding carboxylic acids is 1. The Morgan fingerprint density at radius 2 is 1.82 bits per heavy atom. The number of nitrogens with zero attached hydrogens (tertiary/aromatic N) is 3. The smallest absolute Gasteiger partial charge is 0.282 e. The van der Waals surface area contributed by atoms with E-state index in [0.717, 1.165) is 21.7 Å². The minimum absolute atomic E-state index is 0.180. The number of para-hydroxylation sites is 1. The minimum Gasteiger partial charge on any atom is -0.483 e. The Kier molecular flexibility index (Phi) is 7.60. The molecule has 0 atom stereocenters. The number of hydrogen-bond donors (Lipinski definition) is 1. The lowest BCUT2D eigenvalue weighted by molar-refractivity contribution is -0.118. The monoisotopic (exact) mass is 568 g/mol. The molecule has 1 heterocycles. The third kappa shape index (κ3) is 5.50. The summed E-state index contributed by atoms with van der Waals surface area (Å²) in [5.74, 6) is 0.781. The van der Waals surface area contributed by atoms with E-state index in [1.807, 2.05) is 85.8 Å². The van der Waals surface area contributed by atoms with Crippen LogP contribution in [-0.2, 0) is 11.2 Å². The summed E-state index contributed by atoms with van der Waals surface area (Å²) in [6.07, 6.45) is 3.01. The lowest BCUT2D eigenvalue weighted by atomic mass is 10.0. The number of fused-ring (bicyclic) bond motifs is 2. The zero-order valence-corrected chi connectivity index (χ0v) is 22.3. The molecule has 1 N–H and O–H groups in total. The molecule has 1 amide bonds. The number of aromatic nitrogens is 2. The number of hydrogen-bond acceptors (Lipinski definition) is 5. The Morgan fingerprint density at radius 1 is 1.03 bits per heavy atom. The standard InChI is InChI=1S/C30H25BrN4O3/c1-2-8-28-34-26-15-14-21(31)17-24(26)30(37)35(28)32-18-25-23-12-7-6-9-20(23)13-16-27(25)38-19-29(36)33-22-10-4-3-5-11-22/h3-7,9-18H,2,8,19H2,1H3,(H,33,36). The molecule has 0 saturated carbocycles. The third-order valence-electron chi connectivity index (χ3n) is 6.00. The summed E-state index contributed by atoms with van der Waals surface area (Å²) in [6, 6.07) is 26.2. The van der Waals surface area contributed by atoms with Crippen LogP contribution in [0, 0.1) is 0 Å². The van der Waals surface area contributed by atoms with Crippen LogP contribution in [0.3, 0.4) is 0 Å². The second kappa shape index (κ2) is 11.4. The Bertz CT molecular complexity index is 1710. The summed E-state index contributed by atoms with van der Waals surface area (Å²) in [5, 5.41) is 9.77. The molecule has 4 aromatic carbocycles.